The van der Waals surface area contributed by atoms with Crippen LogP contribution in [0.5, 0.6) is 0 Å². The van der Waals surface area contributed by atoms with E-state index in [1.165, 1.54) is 30.3 Å². The van der Waals surface area contributed by atoms with Crippen molar-refractivity contribution in [3.05, 3.63) is 59.2 Å². The van der Waals surface area contributed by atoms with Crippen LogP contribution in [-0.4, -0.2) is 6.03 Å². The van der Waals surface area contributed by atoms with E-state index < -0.39 is 6.03 Å². The first-order chi connectivity index (χ1) is 9.47. The standard InChI is InChI=1S/C15H14F2N2O/c1-9-8-11(16)6-7-13(9)18-15(20)19-14-5-3-4-12(17)10(14)2/h3-8H,1-2H3,(H2,18,19,20). The molecular formula is C15H14F2N2O. The molecule has 0 saturated heterocycles. The molecule has 2 aromatic rings. The maximum atomic E-state index is 13.4. The van der Waals surface area contributed by atoms with Gasteiger partial charge in [0.25, 0.3) is 0 Å². The molecule has 0 aliphatic heterocycles. The quantitative estimate of drug-likeness (QED) is 0.847. The molecule has 2 rings (SSSR count). The summed E-state index contributed by atoms with van der Waals surface area (Å²) in [7, 11) is 0. The lowest BCUT2D eigenvalue weighted by atomic mass is 10.2. The predicted octanol–water partition coefficient (Wildman–Crippen LogP) is 4.23. The number of nitrogens with one attached hydrogen (secondary N) is 2. The number of hydrogen-bond acceptors (Lipinski definition) is 1. The van der Waals surface area contributed by atoms with Gasteiger partial charge in [0.2, 0.25) is 0 Å². The Hall–Kier alpha value is -2.43. The van der Waals surface area contributed by atoms with E-state index in [0.717, 1.165) is 0 Å². The molecule has 20 heavy (non-hydrogen) atoms. The first-order valence-electron chi connectivity index (χ1n) is 6.06. The molecule has 0 aliphatic carbocycles. The van der Waals surface area contributed by atoms with Crippen molar-refractivity contribution in [3.63, 3.8) is 0 Å². The van der Waals surface area contributed by atoms with Crippen LogP contribution in [0.1, 0.15) is 11.1 Å². The number of amides is 2. The number of carbonyl (C=O) groups is 1. The van der Waals surface area contributed by atoms with E-state index >= 15 is 0 Å². The molecule has 0 radical (unpaired) electrons. The minimum absolute atomic E-state index is 0.360. The van der Waals surface area contributed by atoms with Crippen molar-refractivity contribution in [1.29, 1.82) is 0 Å². The van der Waals surface area contributed by atoms with Gasteiger partial charge in [0, 0.05) is 16.9 Å². The molecule has 0 heterocycles. The highest BCUT2D eigenvalue weighted by Crippen LogP contribution is 2.19. The van der Waals surface area contributed by atoms with Crippen molar-refractivity contribution in [1.82, 2.24) is 0 Å². The van der Waals surface area contributed by atoms with E-state index in [-0.39, 0.29) is 11.6 Å². The van der Waals surface area contributed by atoms with Gasteiger partial charge in [-0.3, -0.25) is 0 Å². The van der Waals surface area contributed by atoms with E-state index in [1.54, 1.807) is 19.9 Å². The normalized spacial score (nSPS) is 10.2. The Morgan fingerprint density at radius 1 is 1.00 bits per heavy atom. The van der Waals surface area contributed by atoms with Gasteiger partial charge < -0.3 is 10.6 Å². The lowest BCUT2D eigenvalue weighted by Gasteiger charge is -2.11. The van der Waals surface area contributed by atoms with Crippen LogP contribution in [0.3, 0.4) is 0 Å². The van der Waals surface area contributed by atoms with Crippen LogP contribution in [0.25, 0.3) is 0 Å². The maximum Gasteiger partial charge on any atom is 0.323 e. The van der Waals surface area contributed by atoms with E-state index in [4.69, 9.17) is 0 Å². The molecule has 104 valence electrons. The minimum Gasteiger partial charge on any atom is -0.307 e. The summed E-state index contributed by atoms with van der Waals surface area (Å²) in [5.74, 6) is -0.754. The van der Waals surface area contributed by atoms with Gasteiger partial charge in [-0.25, -0.2) is 13.6 Å². The number of anilines is 2. The molecule has 0 fully saturated rings. The van der Waals surface area contributed by atoms with Crippen LogP contribution in [0.4, 0.5) is 25.0 Å². The molecule has 0 atom stereocenters. The Labute approximate surface area is 115 Å². The largest absolute Gasteiger partial charge is 0.323 e. The van der Waals surface area contributed by atoms with Crippen molar-refractivity contribution in [3.8, 4) is 0 Å². The van der Waals surface area contributed by atoms with E-state index in [1.807, 2.05) is 0 Å². The first kappa shape index (κ1) is 14.0. The molecule has 2 aromatic carbocycles. The second-order valence-corrected chi connectivity index (χ2v) is 4.45. The fourth-order valence-corrected chi connectivity index (χ4v) is 1.79. The van der Waals surface area contributed by atoms with Crippen LogP contribution < -0.4 is 10.6 Å². The Morgan fingerprint density at radius 3 is 2.40 bits per heavy atom. The third-order valence-electron chi connectivity index (χ3n) is 2.95. The van der Waals surface area contributed by atoms with Crippen LogP contribution >= 0.6 is 0 Å². The van der Waals surface area contributed by atoms with Crippen molar-refractivity contribution in [2.45, 2.75) is 13.8 Å². The summed E-state index contributed by atoms with van der Waals surface area (Å²) in [6.07, 6.45) is 0. The van der Waals surface area contributed by atoms with Crippen molar-refractivity contribution in [2.24, 2.45) is 0 Å². The summed E-state index contributed by atoms with van der Waals surface area (Å²) in [4.78, 5) is 11.8. The SMILES string of the molecule is Cc1cc(F)ccc1NC(=O)Nc1cccc(F)c1C. The third kappa shape index (κ3) is 3.12. The van der Waals surface area contributed by atoms with Gasteiger partial charge in [-0.15, -0.1) is 0 Å². The fraction of sp³-hybridized carbons (Fsp3) is 0.133. The van der Waals surface area contributed by atoms with Gasteiger partial charge in [0.05, 0.1) is 0 Å². The number of halogens is 2. The Balaban J connectivity index is 2.11. The van der Waals surface area contributed by atoms with Gasteiger partial charge >= 0.3 is 6.03 Å². The smallest absolute Gasteiger partial charge is 0.307 e. The maximum absolute atomic E-state index is 13.4. The average Bonchev–Trinajstić information content (AvgIpc) is 2.38. The molecule has 0 aromatic heterocycles. The summed E-state index contributed by atoms with van der Waals surface area (Å²) in [6.45, 7) is 3.26. The van der Waals surface area contributed by atoms with Gasteiger partial charge in [0.15, 0.2) is 0 Å². The zero-order chi connectivity index (χ0) is 14.7. The number of carbonyl (C=O) groups excluding carboxylic acids is 1. The molecule has 5 heteroatoms. The average molecular weight is 276 g/mol. The van der Waals surface area contributed by atoms with Crippen LogP contribution in [0, 0.1) is 25.5 Å². The van der Waals surface area contributed by atoms with Crippen LogP contribution in [0.2, 0.25) is 0 Å². The highest BCUT2D eigenvalue weighted by Gasteiger charge is 2.09. The lowest BCUT2D eigenvalue weighted by Crippen LogP contribution is -2.20. The second kappa shape index (κ2) is 5.69. The van der Waals surface area contributed by atoms with E-state index in [9.17, 15) is 13.6 Å². The molecule has 0 aliphatic rings. The van der Waals surface area contributed by atoms with Gasteiger partial charge in [-0.05, 0) is 49.7 Å². The van der Waals surface area contributed by atoms with Crippen molar-refractivity contribution < 1.29 is 13.6 Å². The minimum atomic E-state index is -0.506. The zero-order valence-corrected chi connectivity index (χ0v) is 11.1. The highest BCUT2D eigenvalue weighted by atomic mass is 19.1. The van der Waals surface area contributed by atoms with Gasteiger partial charge in [0.1, 0.15) is 11.6 Å². The Morgan fingerprint density at radius 2 is 1.70 bits per heavy atom. The monoisotopic (exact) mass is 276 g/mol. The molecule has 3 nitrogen and oxygen atoms in total. The highest BCUT2D eigenvalue weighted by molar-refractivity contribution is 6.00. The molecule has 2 N–H and O–H groups in total. The van der Waals surface area contributed by atoms with E-state index in [0.29, 0.717) is 22.5 Å². The van der Waals surface area contributed by atoms with Crippen LogP contribution in [0.15, 0.2) is 36.4 Å². The summed E-state index contributed by atoms with van der Waals surface area (Å²) >= 11 is 0. The third-order valence-corrected chi connectivity index (χ3v) is 2.95. The molecule has 0 saturated carbocycles. The topological polar surface area (TPSA) is 41.1 Å². The summed E-state index contributed by atoms with van der Waals surface area (Å²) in [5.41, 5.74) is 1.86. The second-order valence-electron chi connectivity index (χ2n) is 4.45. The summed E-state index contributed by atoms with van der Waals surface area (Å²) in [5, 5.41) is 5.15. The molecule has 2 amide bonds. The lowest BCUT2D eigenvalue weighted by molar-refractivity contribution is 0.262. The van der Waals surface area contributed by atoms with Crippen LogP contribution in [-0.2, 0) is 0 Å². The predicted molar refractivity (Wildman–Crippen MR) is 74.9 cm³/mol. The van der Waals surface area contributed by atoms with Crippen molar-refractivity contribution in [2.75, 3.05) is 10.6 Å². The van der Waals surface area contributed by atoms with Gasteiger partial charge in [-0.1, -0.05) is 6.07 Å². The number of rotatable bonds is 2. The molecular weight excluding hydrogens is 262 g/mol. The number of hydrogen-bond donors (Lipinski definition) is 2. The summed E-state index contributed by atoms with van der Waals surface area (Å²) < 4.78 is 26.3. The number of urea groups is 1. The van der Waals surface area contributed by atoms with E-state index in [2.05, 4.69) is 10.6 Å². The van der Waals surface area contributed by atoms with Crippen molar-refractivity contribution >= 4 is 17.4 Å². The molecule has 0 unspecified atom stereocenters. The molecule has 0 spiro atoms. The number of benzene rings is 2. The molecule has 0 bridgehead atoms. The van der Waals surface area contributed by atoms with Gasteiger partial charge in [-0.2, -0.15) is 0 Å². The Kier molecular flexibility index (Phi) is 3.98. The fourth-order valence-electron chi connectivity index (χ4n) is 1.79. The first-order valence-corrected chi connectivity index (χ1v) is 6.06. The summed E-state index contributed by atoms with van der Waals surface area (Å²) in [6, 6.07) is 7.99. The Bertz CT molecular complexity index is 656. The number of aryl methyl sites for hydroxylation is 1. The zero-order valence-electron chi connectivity index (χ0n) is 11.1.